The van der Waals surface area contributed by atoms with Gasteiger partial charge in [-0.05, 0) is 19.3 Å². The molecule has 1 amide bonds. The Morgan fingerprint density at radius 2 is 2.04 bits per heavy atom. The number of imidazole rings is 1. The van der Waals surface area contributed by atoms with Crippen LogP contribution in [0.3, 0.4) is 0 Å². The summed E-state index contributed by atoms with van der Waals surface area (Å²) in [4.78, 5) is 31.4. The molecule has 0 aromatic carbocycles. The Balaban J connectivity index is 1.76. The second kappa shape index (κ2) is 6.40. The molecule has 4 rings (SSSR count). The molecule has 0 N–H and O–H groups in total. The average molecular weight is 357 g/mol. The number of nitrogens with zero attached hydrogens (tertiary/aromatic N) is 6. The van der Waals surface area contributed by atoms with Gasteiger partial charge >= 0.3 is 0 Å². The van der Waals surface area contributed by atoms with E-state index in [0.717, 1.165) is 37.2 Å². The third-order valence-electron chi connectivity index (χ3n) is 4.50. The molecule has 7 nitrogen and oxygen atoms in total. The highest BCUT2D eigenvalue weighted by atomic mass is 35.5. The van der Waals surface area contributed by atoms with Crippen LogP contribution in [0.2, 0.25) is 5.02 Å². The van der Waals surface area contributed by atoms with Crippen LogP contribution < -0.4 is 0 Å². The van der Waals surface area contributed by atoms with Crippen LogP contribution in [-0.4, -0.2) is 41.7 Å². The van der Waals surface area contributed by atoms with E-state index in [4.69, 9.17) is 16.6 Å². The van der Waals surface area contributed by atoms with Crippen LogP contribution in [0.4, 0.5) is 0 Å². The van der Waals surface area contributed by atoms with Crippen LogP contribution in [0.5, 0.6) is 0 Å². The predicted octanol–water partition coefficient (Wildman–Crippen LogP) is 2.91. The van der Waals surface area contributed by atoms with Gasteiger partial charge in [-0.1, -0.05) is 11.6 Å². The third-order valence-corrected chi connectivity index (χ3v) is 4.69. The van der Waals surface area contributed by atoms with Gasteiger partial charge in [0.25, 0.3) is 0 Å². The van der Waals surface area contributed by atoms with E-state index in [-0.39, 0.29) is 11.9 Å². The summed E-state index contributed by atoms with van der Waals surface area (Å²) in [5.41, 5.74) is 2.25. The fourth-order valence-corrected chi connectivity index (χ4v) is 3.47. The van der Waals surface area contributed by atoms with E-state index in [9.17, 15) is 4.79 Å². The predicted molar refractivity (Wildman–Crippen MR) is 93.0 cm³/mol. The summed E-state index contributed by atoms with van der Waals surface area (Å²) in [6, 6.07) is -0.0281. The molecular weight excluding hydrogens is 340 g/mol. The zero-order valence-corrected chi connectivity index (χ0v) is 14.5. The molecule has 4 heterocycles. The summed E-state index contributed by atoms with van der Waals surface area (Å²) >= 11 is 6.05. The molecular formula is C17H17ClN6O. The second-order valence-electron chi connectivity index (χ2n) is 6.14. The van der Waals surface area contributed by atoms with Gasteiger partial charge in [-0.25, -0.2) is 15.0 Å². The fourth-order valence-electron chi connectivity index (χ4n) is 3.32. The first-order valence-electron chi connectivity index (χ1n) is 8.21. The number of piperidine rings is 1. The lowest BCUT2D eigenvalue weighted by Gasteiger charge is -2.34. The van der Waals surface area contributed by atoms with Crippen molar-refractivity contribution in [1.29, 1.82) is 0 Å². The Bertz CT molecular complexity index is 940. The number of likely N-dealkylation sites (tertiary alicyclic amines) is 1. The van der Waals surface area contributed by atoms with E-state index >= 15 is 0 Å². The molecule has 1 saturated heterocycles. The Labute approximate surface area is 149 Å². The minimum atomic E-state index is -0.0281. The number of amides is 1. The van der Waals surface area contributed by atoms with Gasteiger partial charge in [-0.2, -0.15) is 0 Å². The molecule has 8 heteroatoms. The van der Waals surface area contributed by atoms with Crippen molar-refractivity contribution in [3.05, 3.63) is 41.7 Å². The number of hydrogen-bond donors (Lipinski definition) is 0. The third kappa shape index (κ3) is 2.95. The van der Waals surface area contributed by atoms with Crippen molar-refractivity contribution in [3.63, 3.8) is 0 Å². The molecule has 25 heavy (non-hydrogen) atoms. The average Bonchev–Trinajstić information content (AvgIpc) is 3.05. The summed E-state index contributed by atoms with van der Waals surface area (Å²) in [6.45, 7) is 2.37. The van der Waals surface area contributed by atoms with Crippen LogP contribution in [0.1, 0.15) is 37.9 Å². The van der Waals surface area contributed by atoms with Gasteiger partial charge in [0, 0.05) is 19.7 Å². The fraction of sp³-hybridized carbons (Fsp3) is 0.353. The maximum atomic E-state index is 11.9. The van der Waals surface area contributed by atoms with E-state index in [2.05, 4.69) is 15.0 Å². The first-order valence-corrected chi connectivity index (χ1v) is 8.59. The largest absolute Gasteiger partial charge is 0.334 e. The smallest absolute Gasteiger partial charge is 0.234 e. The molecule has 0 saturated carbocycles. The summed E-state index contributed by atoms with van der Waals surface area (Å²) in [5, 5.41) is 0.519. The number of rotatable bonds is 2. The van der Waals surface area contributed by atoms with Gasteiger partial charge in [0.1, 0.15) is 5.69 Å². The summed E-state index contributed by atoms with van der Waals surface area (Å²) < 4.78 is 1.79. The lowest BCUT2D eigenvalue weighted by atomic mass is 9.99. The lowest BCUT2D eigenvalue weighted by Crippen LogP contribution is -2.37. The maximum Gasteiger partial charge on any atom is 0.234 e. The molecule has 0 aliphatic carbocycles. The van der Waals surface area contributed by atoms with Crippen LogP contribution in [0.15, 0.2) is 31.0 Å². The lowest BCUT2D eigenvalue weighted by molar-refractivity contribution is -0.132. The Morgan fingerprint density at radius 3 is 2.88 bits per heavy atom. The van der Waals surface area contributed by atoms with Gasteiger partial charge in [-0.3, -0.25) is 14.2 Å². The minimum Gasteiger partial charge on any atom is -0.334 e. The van der Waals surface area contributed by atoms with Crippen molar-refractivity contribution in [2.45, 2.75) is 32.2 Å². The van der Waals surface area contributed by atoms with E-state index in [1.54, 1.807) is 42.3 Å². The zero-order chi connectivity index (χ0) is 17.4. The maximum absolute atomic E-state index is 11.9. The molecule has 128 valence electrons. The highest BCUT2D eigenvalue weighted by Gasteiger charge is 2.27. The van der Waals surface area contributed by atoms with Gasteiger partial charge in [0.2, 0.25) is 11.7 Å². The van der Waals surface area contributed by atoms with Gasteiger partial charge in [0.15, 0.2) is 0 Å². The molecule has 1 unspecified atom stereocenters. The molecule has 3 aromatic heterocycles. The van der Waals surface area contributed by atoms with Gasteiger partial charge < -0.3 is 4.90 Å². The van der Waals surface area contributed by atoms with E-state index < -0.39 is 0 Å². The van der Waals surface area contributed by atoms with E-state index in [1.807, 2.05) is 4.90 Å². The monoisotopic (exact) mass is 356 g/mol. The SMILES string of the molecule is CC(=O)N1CCCCC1c1cncc(-c2cnc3ncc(Cl)cn23)n1. The minimum absolute atomic E-state index is 0.0281. The quantitative estimate of drug-likeness (QED) is 0.705. The first kappa shape index (κ1) is 16.0. The number of aromatic nitrogens is 5. The second-order valence-corrected chi connectivity index (χ2v) is 6.58. The van der Waals surface area contributed by atoms with E-state index in [0.29, 0.717) is 16.5 Å². The number of carbonyl (C=O) groups is 1. The number of hydrogen-bond acceptors (Lipinski definition) is 5. The van der Waals surface area contributed by atoms with E-state index in [1.165, 1.54) is 0 Å². The molecule has 0 radical (unpaired) electrons. The molecule has 1 aliphatic rings. The molecule has 1 aliphatic heterocycles. The van der Waals surface area contributed by atoms with Crippen LogP contribution in [-0.2, 0) is 4.79 Å². The Kier molecular flexibility index (Phi) is 4.09. The van der Waals surface area contributed by atoms with Crippen LogP contribution in [0.25, 0.3) is 17.2 Å². The van der Waals surface area contributed by atoms with Crippen molar-refractivity contribution >= 4 is 23.3 Å². The van der Waals surface area contributed by atoms with Crippen LogP contribution >= 0.6 is 11.6 Å². The van der Waals surface area contributed by atoms with Crippen molar-refractivity contribution in [3.8, 4) is 11.4 Å². The van der Waals surface area contributed by atoms with Crippen LogP contribution in [0, 0.1) is 0 Å². The number of fused-ring (bicyclic) bond motifs is 1. The first-order chi connectivity index (χ1) is 12.1. The number of halogens is 1. The van der Waals surface area contributed by atoms with Crippen molar-refractivity contribution in [2.24, 2.45) is 0 Å². The molecule has 3 aromatic rings. The Hall–Kier alpha value is -2.54. The van der Waals surface area contributed by atoms with Crippen molar-refractivity contribution < 1.29 is 4.79 Å². The molecule has 0 bridgehead atoms. The summed E-state index contributed by atoms with van der Waals surface area (Å²) in [5.74, 6) is 0.623. The standard InChI is InChI=1S/C17H17ClN6O/c1-11(25)23-5-3-2-4-15(23)13-7-19-8-14(22-13)16-9-21-17-20-6-12(18)10-24(16)17/h6-10,15H,2-5H2,1H3. The number of carbonyl (C=O) groups excluding carboxylic acids is 1. The normalized spacial score (nSPS) is 17.8. The molecule has 1 atom stereocenters. The highest BCUT2D eigenvalue weighted by molar-refractivity contribution is 6.30. The topological polar surface area (TPSA) is 76.3 Å². The zero-order valence-electron chi connectivity index (χ0n) is 13.8. The van der Waals surface area contributed by atoms with Crippen molar-refractivity contribution in [1.82, 2.24) is 29.2 Å². The van der Waals surface area contributed by atoms with Gasteiger partial charge in [-0.15, -0.1) is 0 Å². The van der Waals surface area contributed by atoms with Gasteiger partial charge in [0.05, 0.1) is 47.2 Å². The highest BCUT2D eigenvalue weighted by Crippen LogP contribution is 2.30. The molecule has 1 fully saturated rings. The summed E-state index contributed by atoms with van der Waals surface area (Å²) in [6.07, 6.45) is 11.5. The summed E-state index contributed by atoms with van der Waals surface area (Å²) in [7, 11) is 0. The molecule has 0 spiro atoms. The Morgan fingerprint density at radius 1 is 1.20 bits per heavy atom. The van der Waals surface area contributed by atoms with Crippen molar-refractivity contribution in [2.75, 3.05) is 6.54 Å².